The molecule has 0 saturated carbocycles. The number of rotatable bonds is 7. The minimum absolute atomic E-state index is 0.259. The first-order valence-electron chi connectivity index (χ1n) is 11.5. The molecule has 2 aromatic rings. The number of fused-ring (bicyclic) bond motifs is 1. The Hall–Kier alpha value is -2.71. The van der Waals surface area contributed by atoms with Gasteiger partial charge in [-0.2, -0.15) is 4.31 Å². The predicted molar refractivity (Wildman–Crippen MR) is 125 cm³/mol. The number of esters is 1. The molecule has 0 spiro atoms. The van der Waals surface area contributed by atoms with Gasteiger partial charge in [-0.05, 0) is 79.5 Å². The van der Waals surface area contributed by atoms with E-state index in [4.69, 9.17) is 4.74 Å². The summed E-state index contributed by atoms with van der Waals surface area (Å²) >= 11 is 0. The summed E-state index contributed by atoms with van der Waals surface area (Å²) in [5.41, 5.74) is 4.17. The molecule has 8 heteroatoms. The van der Waals surface area contributed by atoms with Crippen molar-refractivity contribution in [3.63, 3.8) is 0 Å². The molecule has 2 aromatic carbocycles. The number of anilines is 1. The third-order valence-electron chi connectivity index (χ3n) is 6.49. The molecule has 2 aliphatic rings. The quantitative estimate of drug-likeness (QED) is 0.627. The number of piperidine rings is 1. The van der Waals surface area contributed by atoms with Gasteiger partial charge in [0.1, 0.15) is 0 Å². The predicted octanol–water partition coefficient (Wildman–Crippen LogP) is 3.32. The van der Waals surface area contributed by atoms with Crippen LogP contribution in [0.2, 0.25) is 0 Å². The fourth-order valence-corrected chi connectivity index (χ4v) is 5.99. The molecular weight excluding hydrogens is 440 g/mol. The molecule has 1 fully saturated rings. The average Bonchev–Trinajstić information content (AvgIpc) is 3.31. The smallest absolute Gasteiger partial charge is 0.309 e. The number of nitrogens with one attached hydrogen (secondary N) is 1. The van der Waals surface area contributed by atoms with Gasteiger partial charge in [0.05, 0.1) is 10.8 Å². The van der Waals surface area contributed by atoms with Crippen LogP contribution in [0, 0.1) is 5.92 Å². The number of ether oxygens (including phenoxy) is 1. The SMILES string of the molecule is CCc1ccc(NC(=O)COC(=O)C2CCN(S(=O)(=O)c3ccc4c(c3)CCC4)CC2)cc1. The number of amides is 1. The zero-order valence-electron chi connectivity index (χ0n) is 18.9. The molecule has 1 saturated heterocycles. The first kappa shape index (κ1) is 23.4. The molecule has 0 aromatic heterocycles. The zero-order chi connectivity index (χ0) is 23.4. The van der Waals surface area contributed by atoms with Crippen LogP contribution < -0.4 is 5.32 Å². The lowest BCUT2D eigenvalue weighted by Crippen LogP contribution is -2.41. The molecule has 1 aliphatic carbocycles. The minimum Gasteiger partial charge on any atom is -0.455 e. The Morgan fingerprint density at radius 1 is 1.03 bits per heavy atom. The van der Waals surface area contributed by atoms with Gasteiger partial charge in [-0.15, -0.1) is 0 Å². The Bertz CT molecular complexity index is 1120. The van der Waals surface area contributed by atoms with Crippen molar-refractivity contribution in [2.45, 2.75) is 50.3 Å². The van der Waals surface area contributed by atoms with Crippen LogP contribution in [0.3, 0.4) is 0 Å². The number of nitrogens with zero attached hydrogens (tertiary/aromatic N) is 1. The van der Waals surface area contributed by atoms with Crippen molar-refractivity contribution < 1.29 is 22.7 Å². The van der Waals surface area contributed by atoms with E-state index in [9.17, 15) is 18.0 Å². The third kappa shape index (κ3) is 5.45. The Balaban J connectivity index is 1.25. The van der Waals surface area contributed by atoms with Crippen LogP contribution in [0.5, 0.6) is 0 Å². The van der Waals surface area contributed by atoms with Crippen LogP contribution in [-0.4, -0.2) is 44.3 Å². The summed E-state index contributed by atoms with van der Waals surface area (Å²) in [5.74, 6) is -1.27. The van der Waals surface area contributed by atoms with Gasteiger partial charge in [0, 0.05) is 18.8 Å². The third-order valence-corrected chi connectivity index (χ3v) is 8.38. The minimum atomic E-state index is -3.58. The molecule has 1 aliphatic heterocycles. The van der Waals surface area contributed by atoms with E-state index in [1.54, 1.807) is 12.1 Å². The van der Waals surface area contributed by atoms with Crippen molar-refractivity contribution in [2.75, 3.05) is 25.0 Å². The van der Waals surface area contributed by atoms with E-state index in [0.717, 1.165) is 31.2 Å². The molecule has 4 rings (SSSR count). The van der Waals surface area contributed by atoms with Gasteiger partial charge in [0.2, 0.25) is 10.0 Å². The van der Waals surface area contributed by atoms with E-state index >= 15 is 0 Å². The number of sulfonamides is 1. The molecule has 0 bridgehead atoms. The summed E-state index contributed by atoms with van der Waals surface area (Å²) in [6.45, 7) is 2.21. The van der Waals surface area contributed by atoms with E-state index in [0.29, 0.717) is 23.4 Å². The van der Waals surface area contributed by atoms with Gasteiger partial charge in [0.25, 0.3) is 5.91 Å². The normalized spacial score (nSPS) is 16.9. The molecule has 0 unspecified atom stereocenters. The van der Waals surface area contributed by atoms with E-state index in [1.165, 1.54) is 15.4 Å². The summed E-state index contributed by atoms with van der Waals surface area (Å²) in [7, 11) is -3.58. The Kier molecular flexibility index (Phi) is 7.14. The standard InChI is InChI=1S/C25H30N2O5S/c1-2-18-6-9-22(10-7-18)26-24(28)17-32-25(29)20-12-14-27(15-13-20)33(30,31)23-11-8-19-4-3-5-21(19)16-23/h6-11,16,20H,2-5,12-15,17H2,1H3,(H,26,28). The maximum Gasteiger partial charge on any atom is 0.309 e. The second-order valence-electron chi connectivity index (χ2n) is 8.67. The van der Waals surface area contributed by atoms with Gasteiger partial charge in [-0.25, -0.2) is 8.42 Å². The van der Waals surface area contributed by atoms with E-state index < -0.39 is 27.8 Å². The number of hydrogen-bond acceptors (Lipinski definition) is 5. The highest BCUT2D eigenvalue weighted by molar-refractivity contribution is 7.89. The summed E-state index contributed by atoms with van der Waals surface area (Å²) in [6, 6.07) is 12.9. The number of hydrogen-bond donors (Lipinski definition) is 1. The maximum atomic E-state index is 13.0. The van der Waals surface area contributed by atoms with Crippen molar-refractivity contribution in [2.24, 2.45) is 5.92 Å². The van der Waals surface area contributed by atoms with Gasteiger partial charge >= 0.3 is 5.97 Å². The number of aryl methyl sites for hydroxylation is 3. The molecule has 0 atom stereocenters. The van der Waals surface area contributed by atoms with Gasteiger partial charge in [-0.1, -0.05) is 25.1 Å². The Labute approximate surface area is 195 Å². The van der Waals surface area contributed by atoms with E-state index in [2.05, 4.69) is 12.2 Å². The molecule has 33 heavy (non-hydrogen) atoms. The van der Waals surface area contributed by atoms with Crippen LogP contribution in [0.4, 0.5) is 5.69 Å². The van der Waals surface area contributed by atoms with Crippen molar-refractivity contribution >= 4 is 27.6 Å². The summed E-state index contributed by atoms with van der Waals surface area (Å²) in [5, 5.41) is 2.71. The van der Waals surface area contributed by atoms with Crippen molar-refractivity contribution in [1.82, 2.24) is 4.31 Å². The zero-order valence-corrected chi connectivity index (χ0v) is 19.7. The number of carbonyl (C=O) groups is 2. The molecule has 176 valence electrons. The summed E-state index contributed by atoms with van der Waals surface area (Å²) in [4.78, 5) is 24.8. The van der Waals surface area contributed by atoms with Gasteiger partial charge in [0.15, 0.2) is 6.61 Å². The van der Waals surface area contributed by atoms with E-state index in [-0.39, 0.29) is 19.7 Å². The van der Waals surface area contributed by atoms with Crippen LogP contribution in [0.25, 0.3) is 0 Å². The maximum absolute atomic E-state index is 13.0. The van der Waals surface area contributed by atoms with Crippen molar-refractivity contribution in [3.8, 4) is 0 Å². The summed E-state index contributed by atoms with van der Waals surface area (Å²) in [6.07, 6.45) is 4.66. The molecule has 7 nitrogen and oxygen atoms in total. The first-order chi connectivity index (χ1) is 15.9. The van der Waals surface area contributed by atoms with E-state index in [1.807, 2.05) is 30.3 Å². The Morgan fingerprint density at radius 3 is 2.42 bits per heavy atom. The van der Waals surface area contributed by atoms with Gasteiger partial charge < -0.3 is 10.1 Å². The highest BCUT2D eigenvalue weighted by atomic mass is 32.2. The first-order valence-corrected chi connectivity index (χ1v) is 13.0. The van der Waals surface area contributed by atoms with Crippen LogP contribution in [-0.2, 0) is 43.6 Å². The number of benzene rings is 2. The highest BCUT2D eigenvalue weighted by Crippen LogP contribution is 2.29. The van der Waals surface area contributed by atoms with Crippen molar-refractivity contribution in [1.29, 1.82) is 0 Å². The average molecular weight is 471 g/mol. The lowest BCUT2D eigenvalue weighted by molar-refractivity contribution is -0.152. The Morgan fingerprint density at radius 2 is 1.73 bits per heavy atom. The lowest BCUT2D eigenvalue weighted by atomic mass is 9.98. The largest absolute Gasteiger partial charge is 0.455 e. The molecule has 1 N–H and O–H groups in total. The fraction of sp³-hybridized carbons (Fsp3) is 0.440. The second-order valence-corrected chi connectivity index (χ2v) is 10.6. The molecule has 1 amide bonds. The van der Waals surface area contributed by atoms with Crippen molar-refractivity contribution in [3.05, 3.63) is 59.2 Å². The summed E-state index contributed by atoms with van der Waals surface area (Å²) < 4.78 is 32.7. The second kappa shape index (κ2) is 10.1. The molecular formula is C25H30N2O5S. The highest BCUT2D eigenvalue weighted by Gasteiger charge is 2.33. The van der Waals surface area contributed by atoms with Gasteiger partial charge in [-0.3, -0.25) is 9.59 Å². The molecule has 0 radical (unpaired) electrons. The van der Waals surface area contributed by atoms with Crippen LogP contribution in [0.1, 0.15) is 42.9 Å². The monoisotopic (exact) mass is 470 g/mol. The van der Waals surface area contributed by atoms with Crippen LogP contribution in [0.15, 0.2) is 47.4 Å². The van der Waals surface area contributed by atoms with Crippen LogP contribution >= 0.6 is 0 Å². The fourth-order valence-electron chi connectivity index (χ4n) is 4.46. The lowest BCUT2D eigenvalue weighted by Gasteiger charge is -2.30. The number of carbonyl (C=O) groups excluding carboxylic acids is 2. The topological polar surface area (TPSA) is 92.8 Å². The molecule has 1 heterocycles.